The summed E-state index contributed by atoms with van der Waals surface area (Å²) < 4.78 is 7.47. The number of nitrogens with zero attached hydrogens (tertiary/aromatic N) is 1. The van der Waals surface area contributed by atoms with E-state index in [4.69, 9.17) is 4.74 Å². The Hall–Kier alpha value is -2.91. The van der Waals surface area contributed by atoms with Crippen LogP contribution in [-0.4, -0.2) is 18.4 Å². The van der Waals surface area contributed by atoms with Crippen molar-refractivity contribution in [3.8, 4) is 11.8 Å². The highest BCUT2D eigenvalue weighted by Crippen LogP contribution is 2.19. The van der Waals surface area contributed by atoms with E-state index >= 15 is 0 Å². The van der Waals surface area contributed by atoms with E-state index in [1.807, 2.05) is 48.5 Å². The summed E-state index contributed by atoms with van der Waals surface area (Å²) >= 11 is 4.31. The van der Waals surface area contributed by atoms with Crippen molar-refractivity contribution >= 4 is 74.4 Å². The summed E-state index contributed by atoms with van der Waals surface area (Å²) in [5, 5.41) is 14.9. The monoisotopic (exact) mass is 649 g/mol. The van der Waals surface area contributed by atoms with E-state index in [1.165, 1.54) is 6.08 Å². The number of nitrogens with one attached hydrogen (secondary N) is 2. The number of halogens is 2. The average molecular weight is 649 g/mol. The molecule has 0 bridgehead atoms. The minimum absolute atomic E-state index is 0.0183. The van der Waals surface area contributed by atoms with Crippen LogP contribution >= 0.6 is 45.2 Å². The Bertz CT molecular complexity index is 1180. The maximum atomic E-state index is 12.4. The summed E-state index contributed by atoms with van der Waals surface area (Å²) in [6.07, 6.45) is 1.50. The normalized spacial score (nSPS) is 10.7. The first-order valence-electron chi connectivity index (χ1n) is 9.40. The Morgan fingerprint density at radius 3 is 2.28 bits per heavy atom. The molecule has 2 amide bonds. The van der Waals surface area contributed by atoms with Crippen LogP contribution in [0.1, 0.15) is 5.56 Å². The second kappa shape index (κ2) is 11.6. The Kier molecular flexibility index (Phi) is 8.64. The minimum Gasteiger partial charge on any atom is -0.484 e. The molecule has 3 aromatic rings. The van der Waals surface area contributed by atoms with Crippen LogP contribution in [0.2, 0.25) is 0 Å². The van der Waals surface area contributed by atoms with Gasteiger partial charge in [0.25, 0.3) is 11.8 Å². The van der Waals surface area contributed by atoms with Gasteiger partial charge in [-0.05, 0) is 105 Å². The quantitative estimate of drug-likeness (QED) is 0.202. The molecule has 0 aliphatic heterocycles. The van der Waals surface area contributed by atoms with Crippen molar-refractivity contribution in [1.29, 1.82) is 5.26 Å². The second-order valence-corrected chi connectivity index (χ2v) is 8.92. The molecule has 0 radical (unpaired) electrons. The first-order valence-corrected chi connectivity index (χ1v) is 11.6. The molecule has 3 rings (SSSR count). The maximum absolute atomic E-state index is 12.4. The fourth-order valence-electron chi connectivity index (χ4n) is 2.61. The van der Waals surface area contributed by atoms with E-state index in [0.717, 1.165) is 7.14 Å². The van der Waals surface area contributed by atoms with E-state index < -0.39 is 5.91 Å². The fourth-order valence-corrected chi connectivity index (χ4v) is 3.49. The van der Waals surface area contributed by atoms with Gasteiger partial charge < -0.3 is 15.4 Å². The van der Waals surface area contributed by atoms with Gasteiger partial charge in [-0.25, -0.2) is 0 Å². The van der Waals surface area contributed by atoms with Gasteiger partial charge in [-0.1, -0.05) is 24.3 Å². The first kappa shape index (κ1) is 23.7. The number of carbonyl (C=O) groups is 2. The van der Waals surface area contributed by atoms with E-state index in [1.54, 1.807) is 30.3 Å². The number of anilines is 2. The largest absolute Gasteiger partial charge is 0.484 e. The predicted octanol–water partition coefficient (Wildman–Crippen LogP) is 5.46. The SMILES string of the molecule is N#C/C(=C/c1ccc(OCC(=O)Nc2ccc(I)cc2)cc1)C(=O)Nc1ccccc1I. The summed E-state index contributed by atoms with van der Waals surface area (Å²) in [7, 11) is 0. The molecular weight excluding hydrogens is 632 g/mol. The highest BCUT2D eigenvalue weighted by Gasteiger charge is 2.11. The number of hydrogen-bond acceptors (Lipinski definition) is 4. The molecule has 0 atom stereocenters. The summed E-state index contributed by atoms with van der Waals surface area (Å²) in [6.45, 7) is -0.136. The Morgan fingerprint density at radius 1 is 0.938 bits per heavy atom. The lowest BCUT2D eigenvalue weighted by molar-refractivity contribution is -0.118. The molecule has 0 aromatic heterocycles. The van der Waals surface area contributed by atoms with Crippen molar-refractivity contribution in [3.63, 3.8) is 0 Å². The van der Waals surface area contributed by atoms with Crippen molar-refractivity contribution < 1.29 is 14.3 Å². The molecule has 0 fully saturated rings. The van der Waals surface area contributed by atoms with Gasteiger partial charge in [0, 0.05) is 12.8 Å². The molecule has 2 N–H and O–H groups in total. The predicted molar refractivity (Wildman–Crippen MR) is 141 cm³/mol. The van der Waals surface area contributed by atoms with Crippen LogP contribution in [0.25, 0.3) is 6.08 Å². The number of amides is 2. The lowest BCUT2D eigenvalue weighted by Gasteiger charge is -2.08. The van der Waals surface area contributed by atoms with E-state index in [2.05, 4.69) is 55.8 Å². The molecule has 0 saturated heterocycles. The molecule has 0 heterocycles. The number of nitriles is 1. The number of benzene rings is 3. The number of para-hydroxylation sites is 1. The Balaban J connectivity index is 1.57. The molecule has 0 aliphatic carbocycles. The number of carbonyl (C=O) groups excluding carboxylic acids is 2. The smallest absolute Gasteiger partial charge is 0.266 e. The molecule has 0 aliphatic rings. The first-order chi connectivity index (χ1) is 15.4. The molecule has 0 spiro atoms. The molecule has 3 aromatic carbocycles. The molecule has 32 heavy (non-hydrogen) atoms. The van der Waals surface area contributed by atoms with E-state index in [0.29, 0.717) is 22.7 Å². The summed E-state index contributed by atoms with van der Waals surface area (Å²) in [5.74, 6) is -0.250. The number of hydrogen-bond donors (Lipinski definition) is 2. The third kappa shape index (κ3) is 7.06. The van der Waals surface area contributed by atoms with Gasteiger partial charge in [-0.15, -0.1) is 0 Å². The zero-order valence-corrected chi connectivity index (χ0v) is 21.0. The van der Waals surface area contributed by atoms with Gasteiger partial charge in [-0.3, -0.25) is 9.59 Å². The Labute approximate surface area is 212 Å². The maximum Gasteiger partial charge on any atom is 0.266 e. The standard InChI is InChI=1S/C24H17I2N3O3/c25-18-7-9-19(10-8-18)28-23(30)15-32-20-11-5-16(6-12-20)13-17(14-27)24(31)29-22-4-2-1-3-21(22)26/h1-13H,15H2,(H,28,30)(H,29,31)/b17-13-. The van der Waals surface area contributed by atoms with E-state index in [9.17, 15) is 14.9 Å². The van der Waals surface area contributed by atoms with Crippen LogP contribution in [-0.2, 0) is 9.59 Å². The second-order valence-electron chi connectivity index (χ2n) is 6.52. The number of ether oxygens (including phenoxy) is 1. The minimum atomic E-state index is -0.482. The lowest BCUT2D eigenvalue weighted by atomic mass is 10.1. The van der Waals surface area contributed by atoms with Crippen LogP contribution in [0.5, 0.6) is 5.75 Å². The van der Waals surface area contributed by atoms with Crippen molar-refractivity contribution in [2.75, 3.05) is 17.2 Å². The van der Waals surface area contributed by atoms with Crippen LogP contribution in [0, 0.1) is 18.5 Å². The highest BCUT2D eigenvalue weighted by atomic mass is 127. The van der Waals surface area contributed by atoms with Gasteiger partial charge in [0.15, 0.2) is 6.61 Å². The third-order valence-corrected chi connectivity index (χ3v) is 5.84. The summed E-state index contributed by atoms with van der Waals surface area (Å²) in [6, 6.07) is 23.5. The van der Waals surface area contributed by atoms with Crippen LogP contribution in [0.3, 0.4) is 0 Å². The van der Waals surface area contributed by atoms with Crippen molar-refractivity contribution in [2.24, 2.45) is 0 Å². The van der Waals surface area contributed by atoms with Crippen LogP contribution in [0.15, 0.2) is 78.4 Å². The molecule has 0 unspecified atom stereocenters. The molecular formula is C24H17I2N3O3. The molecule has 160 valence electrons. The molecule has 8 heteroatoms. The number of rotatable bonds is 7. The van der Waals surface area contributed by atoms with Gasteiger partial charge in [0.2, 0.25) is 0 Å². The topological polar surface area (TPSA) is 91.2 Å². The highest BCUT2D eigenvalue weighted by molar-refractivity contribution is 14.1. The zero-order valence-electron chi connectivity index (χ0n) is 16.6. The van der Waals surface area contributed by atoms with Crippen molar-refractivity contribution in [1.82, 2.24) is 0 Å². The third-order valence-electron chi connectivity index (χ3n) is 4.18. The van der Waals surface area contributed by atoms with Crippen molar-refractivity contribution in [3.05, 3.63) is 91.1 Å². The van der Waals surface area contributed by atoms with Gasteiger partial charge >= 0.3 is 0 Å². The lowest BCUT2D eigenvalue weighted by Crippen LogP contribution is -2.20. The van der Waals surface area contributed by atoms with Gasteiger partial charge in [0.1, 0.15) is 17.4 Å². The van der Waals surface area contributed by atoms with Gasteiger partial charge in [0.05, 0.1) is 5.69 Å². The summed E-state index contributed by atoms with van der Waals surface area (Å²) in [5.41, 5.74) is 1.99. The molecule has 6 nitrogen and oxygen atoms in total. The van der Waals surface area contributed by atoms with Gasteiger partial charge in [-0.2, -0.15) is 5.26 Å². The molecule has 0 saturated carbocycles. The van der Waals surface area contributed by atoms with Crippen LogP contribution in [0.4, 0.5) is 11.4 Å². The van der Waals surface area contributed by atoms with Crippen molar-refractivity contribution in [2.45, 2.75) is 0 Å². The van der Waals surface area contributed by atoms with E-state index in [-0.39, 0.29) is 18.1 Å². The average Bonchev–Trinajstić information content (AvgIpc) is 2.80. The summed E-state index contributed by atoms with van der Waals surface area (Å²) in [4.78, 5) is 24.5. The fraction of sp³-hybridized carbons (Fsp3) is 0.0417. The van der Waals surface area contributed by atoms with Crippen LogP contribution < -0.4 is 15.4 Å². The zero-order chi connectivity index (χ0) is 22.9. The Morgan fingerprint density at radius 2 is 1.62 bits per heavy atom.